The van der Waals surface area contributed by atoms with Crippen molar-refractivity contribution in [3.05, 3.63) is 29.3 Å². The highest BCUT2D eigenvalue weighted by atomic mass is 16.5. The number of hydrogen-bond acceptors (Lipinski definition) is 6. The zero-order valence-corrected chi connectivity index (χ0v) is 18.7. The van der Waals surface area contributed by atoms with Gasteiger partial charge in [0.25, 0.3) is 12.4 Å². The van der Waals surface area contributed by atoms with Crippen LogP contribution in [-0.4, -0.2) is 74.6 Å². The summed E-state index contributed by atoms with van der Waals surface area (Å²) in [6.45, 7) is 11.9. The van der Waals surface area contributed by atoms with Gasteiger partial charge in [-0.2, -0.15) is 0 Å². The van der Waals surface area contributed by atoms with E-state index in [1.165, 1.54) is 0 Å². The Bertz CT molecular complexity index is 760. The summed E-state index contributed by atoms with van der Waals surface area (Å²) in [6, 6.07) is 6.03. The van der Waals surface area contributed by atoms with E-state index in [2.05, 4.69) is 27.2 Å². The lowest BCUT2D eigenvalue weighted by Crippen LogP contribution is -2.52. The third kappa shape index (κ3) is 6.81. The lowest BCUT2D eigenvalue weighted by molar-refractivity contribution is -0.138. The molecule has 0 aromatic heterocycles. The first-order valence-electron chi connectivity index (χ1n) is 10.4. The van der Waals surface area contributed by atoms with Crippen molar-refractivity contribution in [3.63, 3.8) is 0 Å². The predicted molar refractivity (Wildman–Crippen MR) is 117 cm³/mol. The van der Waals surface area contributed by atoms with Gasteiger partial charge < -0.3 is 20.3 Å². The molecule has 1 aromatic carbocycles. The molecule has 2 aliphatic heterocycles. The standard InChI is InChI=1S/C17H24N4O2.C5H10O2/c1-12-10-20(8-6-19-12)11-16(22)21-7-5-13-3-4-14(9-15(13)21)17(23)18-2;1-5(2,3)7-4-6/h3-4,9,12,19H,5-8,10-11H2,1-2H3,(H,18,23);4H,1-3H3. The number of ether oxygens (including phenoxy) is 1. The fourth-order valence-corrected chi connectivity index (χ4v) is 3.50. The second-order valence-corrected chi connectivity index (χ2v) is 8.63. The number of benzene rings is 1. The monoisotopic (exact) mass is 418 g/mol. The van der Waals surface area contributed by atoms with Gasteiger partial charge in [0, 0.05) is 50.5 Å². The fraction of sp³-hybridized carbons (Fsp3) is 0.591. The number of fused-ring (bicyclic) bond motifs is 1. The van der Waals surface area contributed by atoms with E-state index in [4.69, 9.17) is 0 Å². The molecule has 0 spiro atoms. The highest BCUT2D eigenvalue weighted by Crippen LogP contribution is 2.29. The summed E-state index contributed by atoms with van der Waals surface area (Å²) in [5.74, 6) is -0.00469. The first-order valence-corrected chi connectivity index (χ1v) is 10.4. The Labute approximate surface area is 178 Å². The van der Waals surface area contributed by atoms with Crippen molar-refractivity contribution in [2.45, 2.75) is 45.8 Å². The van der Waals surface area contributed by atoms with Crippen molar-refractivity contribution in [3.8, 4) is 0 Å². The van der Waals surface area contributed by atoms with Gasteiger partial charge in [0.05, 0.1) is 6.54 Å². The van der Waals surface area contributed by atoms with Crippen molar-refractivity contribution in [1.82, 2.24) is 15.5 Å². The third-order valence-electron chi connectivity index (χ3n) is 4.98. The Hall–Kier alpha value is -2.45. The summed E-state index contributed by atoms with van der Waals surface area (Å²) in [6.07, 6.45) is 0.854. The number of piperazine rings is 1. The lowest BCUT2D eigenvalue weighted by Gasteiger charge is -2.32. The van der Waals surface area contributed by atoms with E-state index in [0.717, 1.165) is 37.3 Å². The number of nitrogens with one attached hydrogen (secondary N) is 2. The molecular weight excluding hydrogens is 384 g/mol. The second kappa shape index (κ2) is 10.5. The van der Waals surface area contributed by atoms with E-state index in [9.17, 15) is 14.4 Å². The number of amides is 2. The summed E-state index contributed by atoms with van der Waals surface area (Å²) in [7, 11) is 1.62. The summed E-state index contributed by atoms with van der Waals surface area (Å²) in [5, 5.41) is 6.02. The van der Waals surface area contributed by atoms with Gasteiger partial charge >= 0.3 is 0 Å². The summed E-state index contributed by atoms with van der Waals surface area (Å²) in [5.41, 5.74) is 2.31. The van der Waals surface area contributed by atoms with Crippen LogP contribution in [0.5, 0.6) is 0 Å². The second-order valence-electron chi connectivity index (χ2n) is 8.63. The maximum absolute atomic E-state index is 12.7. The smallest absolute Gasteiger partial charge is 0.293 e. The number of carbonyl (C=O) groups is 3. The van der Waals surface area contributed by atoms with Crippen LogP contribution in [0.3, 0.4) is 0 Å². The number of rotatable bonds is 4. The molecular formula is C22H34N4O4. The van der Waals surface area contributed by atoms with Gasteiger partial charge in [0.1, 0.15) is 5.60 Å². The van der Waals surface area contributed by atoms with E-state index in [0.29, 0.717) is 31.2 Å². The molecule has 2 amide bonds. The average molecular weight is 419 g/mol. The first kappa shape index (κ1) is 23.8. The zero-order valence-electron chi connectivity index (χ0n) is 18.7. The van der Waals surface area contributed by atoms with Crippen LogP contribution in [0.15, 0.2) is 18.2 Å². The van der Waals surface area contributed by atoms with Crippen LogP contribution in [0.4, 0.5) is 5.69 Å². The van der Waals surface area contributed by atoms with Crippen LogP contribution in [-0.2, 0) is 20.7 Å². The van der Waals surface area contributed by atoms with E-state index < -0.39 is 0 Å². The maximum Gasteiger partial charge on any atom is 0.293 e. The Morgan fingerprint density at radius 2 is 2.03 bits per heavy atom. The van der Waals surface area contributed by atoms with Gasteiger partial charge in [-0.05, 0) is 51.8 Å². The minimum Gasteiger partial charge on any atom is -0.462 e. The molecule has 1 saturated heterocycles. The number of hydrogen-bond donors (Lipinski definition) is 2. The summed E-state index contributed by atoms with van der Waals surface area (Å²) < 4.78 is 4.55. The van der Waals surface area contributed by atoms with Gasteiger partial charge in [-0.1, -0.05) is 6.07 Å². The van der Waals surface area contributed by atoms with Gasteiger partial charge in [0.15, 0.2) is 0 Å². The first-order chi connectivity index (χ1) is 14.1. The van der Waals surface area contributed by atoms with Gasteiger partial charge in [0.2, 0.25) is 5.91 Å². The largest absolute Gasteiger partial charge is 0.462 e. The SMILES string of the molecule is CC(C)(C)OC=O.CNC(=O)c1ccc2c(c1)N(C(=O)CN1CCNC(C)C1)CC2. The fourth-order valence-electron chi connectivity index (χ4n) is 3.50. The molecule has 8 nitrogen and oxygen atoms in total. The Balaban J connectivity index is 0.000000396. The van der Waals surface area contributed by atoms with E-state index in [1.807, 2.05) is 43.9 Å². The number of carbonyl (C=O) groups excluding carboxylic acids is 3. The molecule has 0 aliphatic carbocycles. The molecule has 2 heterocycles. The van der Waals surface area contributed by atoms with Crippen LogP contribution in [0, 0.1) is 0 Å². The van der Waals surface area contributed by atoms with Crippen molar-refractivity contribution >= 4 is 24.0 Å². The molecule has 30 heavy (non-hydrogen) atoms. The normalized spacial score (nSPS) is 18.7. The van der Waals surface area contributed by atoms with Crippen molar-refractivity contribution < 1.29 is 19.1 Å². The maximum atomic E-state index is 12.7. The molecule has 1 fully saturated rings. The summed E-state index contributed by atoms with van der Waals surface area (Å²) in [4.78, 5) is 38.1. The Morgan fingerprint density at radius 1 is 1.30 bits per heavy atom. The number of nitrogens with zero attached hydrogens (tertiary/aromatic N) is 2. The Morgan fingerprint density at radius 3 is 2.60 bits per heavy atom. The molecule has 1 atom stereocenters. The van der Waals surface area contributed by atoms with Gasteiger partial charge in [-0.3, -0.25) is 19.3 Å². The van der Waals surface area contributed by atoms with Crippen molar-refractivity contribution in [2.24, 2.45) is 0 Å². The quantitative estimate of drug-likeness (QED) is 0.714. The predicted octanol–water partition coefficient (Wildman–Crippen LogP) is 1.19. The molecule has 0 radical (unpaired) electrons. The molecule has 0 saturated carbocycles. The van der Waals surface area contributed by atoms with Gasteiger partial charge in [-0.25, -0.2) is 0 Å². The van der Waals surface area contributed by atoms with Crippen LogP contribution >= 0.6 is 0 Å². The average Bonchev–Trinajstić information content (AvgIpc) is 3.10. The molecule has 2 N–H and O–H groups in total. The molecule has 0 bridgehead atoms. The molecule has 3 rings (SSSR count). The Kier molecular flexibility index (Phi) is 8.37. The van der Waals surface area contributed by atoms with Crippen molar-refractivity contribution in [1.29, 1.82) is 0 Å². The van der Waals surface area contributed by atoms with Crippen LogP contribution in [0.2, 0.25) is 0 Å². The zero-order chi connectivity index (χ0) is 22.3. The van der Waals surface area contributed by atoms with Gasteiger partial charge in [-0.15, -0.1) is 0 Å². The van der Waals surface area contributed by atoms with Crippen LogP contribution in [0.1, 0.15) is 43.6 Å². The highest BCUT2D eigenvalue weighted by Gasteiger charge is 2.27. The molecule has 2 aliphatic rings. The molecule has 166 valence electrons. The minimum absolute atomic E-state index is 0.118. The topological polar surface area (TPSA) is 91.0 Å². The van der Waals surface area contributed by atoms with Crippen molar-refractivity contribution in [2.75, 3.05) is 44.7 Å². The van der Waals surface area contributed by atoms with E-state index in [-0.39, 0.29) is 17.4 Å². The van der Waals surface area contributed by atoms with Crippen LogP contribution in [0.25, 0.3) is 0 Å². The molecule has 1 aromatic rings. The summed E-state index contributed by atoms with van der Waals surface area (Å²) >= 11 is 0. The molecule has 1 unspecified atom stereocenters. The minimum atomic E-state index is -0.318. The van der Waals surface area contributed by atoms with Crippen LogP contribution < -0.4 is 15.5 Å². The molecule has 8 heteroatoms. The lowest BCUT2D eigenvalue weighted by atomic mass is 10.1. The number of anilines is 1. The van der Waals surface area contributed by atoms with E-state index >= 15 is 0 Å². The van der Waals surface area contributed by atoms with E-state index in [1.54, 1.807) is 7.05 Å². The highest BCUT2D eigenvalue weighted by molar-refractivity contribution is 6.00. The third-order valence-corrected chi connectivity index (χ3v) is 4.98.